The van der Waals surface area contributed by atoms with Crippen LogP contribution in [0.2, 0.25) is 15.1 Å². The Bertz CT molecular complexity index is 596. The van der Waals surface area contributed by atoms with E-state index in [1.807, 2.05) is 0 Å². The van der Waals surface area contributed by atoms with Gasteiger partial charge in [0.15, 0.2) is 5.75 Å². The van der Waals surface area contributed by atoms with E-state index in [0.717, 1.165) is 0 Å². The highest BCUT2D eigenvalue weighted by atomic mass is 79.9. The van der Waals surface area contributed by atoms with Crippen molar-refractivity contribution < 1.29 is 9.13 Å². The first kappa shape index (κ1) is 14.9. The summed E-state index contributed by atoms with van der Waals surface area (Å²) >= 11 is 20.9. The van der Waals surface area contributed by atoms with Gasteiger partial charge in [0.2, 0.25) is 0 Å². The Balaban J connectivity index is 2.19. The molecule has 0 fully saturated rings. The lowest BCUT2D eigenvalue weighted by Crippen LogP contribution is -1.99. The normalized spacial score (nSPS) is 10.6. The van der Waals surface area contributed by atoms with Gasteiger partial charge < -0.3 is 4.74 Å². The van der Waals surface area contributed by atoms with E-state index in [2.05, 4.69) is 15.9 Å². The van der Waals surface area contributed by atoms with Crippen molar-refractivity contribution in [2.24, 2.45) is 0 Å². The van der Waals surface area contributed by atoms with Crippen molar-refractivity contribution in [3.63, 3.8) is 0 Å². The van der Waals surface area contributed by atoms with Crippen LogP contribution in [0.5, 0.6) is 5.75 Å². The van der Waals surface area contributed by atoms with E-state index in [0.29, 0.717) is 15.1 Å². The zero-order valence-electron chi connectivity index (χ0n) is 9.39. The van der Waals surface area contributed by atoms with Gasteiger partial charge in [-0.25, -0.2) is 4.39 Å². The SMILES string of the molecule is Fc1cc(Br)ccc1COc1c(Cl)cc(Cl)cc1Cl. The number of rotatable bonds is 3. The van der Waals surface area contributed by atoms with E-state index >= 15 is 0 Å². The minimum absolute atomic E-state index is 0.0280. The van der Waals surface area contributed by atoms with Crippen molar-refractivity contribution in [3.8, 4) is 5.75 Å². The highest BCUT2D eigenvalue weighted by Crippen LogP contribution is 2.36. The summed E-state index contributed by atoms with van der Waals surface area (Å²) in [6.45, 7) is 0.0280. The maximum Gasteiger partial charge on any atom is 0.157 e. The number of benzene rings is 2. The molecule has 6 heteroatoms. The summed E-state index contributed by atoms with van der Waals surface area (Å²) in [7, 11) is 0. The fraction of sp³-hybridized carbons (Fsp3) is 0.0769. The number of ether oxygens (including phenoxy) is 1. The molecule has 0 N–H and O–H groups in total. The lowest BCUT2D eigenvalue weighted by molar-refractivity contribution is 0.300. The number of halogens is 5. The predicted octanol–water partition coefficient (Wildman–Crippen LogP) is 6.13. The van der Waals surface area contributed by atoms with Gasteiger partial charge in [0.25, 0.3) is 0 Å². The molecule has 0 radical (unpaired) electrons. The fourth-order valence-corrected chi connectivity index (χ4v) is 2.71. The van der Waals surface area contributed by atoms with E-state index in [1.54, 1.807) is 12.1 Å². The second-order valence-electron chi connectivity index (χ2n) is 3.72. The summed E-state index contributed by atoms with van der Waals surface area (Å²) in [6.07, 6.45) is 0. The molecule has 2 aromatic rings. The average molecular weight is 384 g/mol. The maximum absolute atomic E-state index is 13.6. The van der Waals surface area contributed by atoms with Crippen LogP contribution in [0, 0.1) is 5.82 Å². The maximum atomic E-state index is 13.6. The molecule has 2 aromatic carbocycles. The fourth-order valence-electron chi connectivity index (χ4n) is 1.46. The van der Waals surface area contributed by atoms with Crippen molar-refractivity contribution in [1.82, 2.24) is 0 Å². The third-order valence-electron chi connectivity index (χ3n) is 2.35. The molecule has 0 aliphatic rings. The molecule has 0 bridgehead atoms. The summed E-state index contributed by atoms with van der Waals surface area (Å²) in [5.74, 6) is -0.0781. The first-order chi connectivity index (χ1) is 8.97. The van der Waals surface area contributed by atoms with Crippen LogP contribution < -0.4 is 4.74 Å². The van der Waals surface area contributed by atoms with E-state index in [-0.39, 0.29) is 28.2 Å². The first-order valence-electron chi connectivity index (χ1n) is 5.18. The Morgan fingerprint density at radius 1 is 1.05 bits per heavy atom. The lowest BCUT2D eigenvalue weighted by Gasteiger charge is -2.11. The molecule has 0 aliphatic carbocycles. The molecule has 19 heavy (non-hydrogen) atoms. The van der Waals surface area contributed by atoms with Gasteiger partial charge in [-0.3, -0.25) is 0 Å². The first-order valence-corrected chi connectivity index (χ1v) is 7.11. The standard InChI is InChI=1S/C13H7BrCl3FO/c14-8-2-1-7(12(18)3-8)6-19-13-10(16)4-9(15)5-11(13)17/h1-5H,6H2. The van der Waals surface area contributed by atoms with Gasteiger partial charge in [-0.05, 0) is 24.3 Å². The third-order valence-corrected chi connectivity index (χ3v) is 3.62. The van der Waals surface area contributed by atoms with Gasteiger partial charge in [-0.1, -0.05) is 56.8 Å². The van der Waals surface area contributed by atoms with Gasteiger partial charge in [-0.15, -0.1) is 0 Å². The molecule has 0 unspecified atom stereocenters. The van der Waals surface area contributed by atoms with E-state index in [9.17, 15) is 4.39 Å². The monoisotopic (exact) mass is 382 g/mol. The summed E-state index contributed by atoms with van der Waals surface area (Å²) in [5, 5.41) is 0.988. The molecule has 0 atom stereocenters. The van der Waals surface area contributed by atoms with Crippen LogP contribution >= 0.6 is 50.7 Å². The van der Waals surface area contributed by atoms with E-state index in [4.69, 9.17) is 39.5 Å². The molecular formula is C13H7BrCl3FO. The van der Waals surface area contributed by atoms with Gasteiger partial charge in [-0.2, -0.15) is 0 Å². The van der Waals surface area contributed by atoms with Crippen molar-refractivity contribution in [1.29, 1.82) is 0 Å². The summed E-state index contributed by atoms with van der Waals surface area (Å²) in [4.78, 5) is 0. The summed E-state index contributed by atoms with van der Waals surface area (Å²) in [6, 6.07) is 7.75. The van der Waals surface area contributed by atoms with Gasteiger partial charge in [0, 0.05) is 15.1 Å². The van der Waals surface area contributed by atoms with Crippen LogP contribution in [0.1, 0.15) is 5.56 Å². The molecule has 0 saturated heterocycles. The highest BCUT2D eigenvalue weighted by molar-refractivity contribution is 9.10. The van der Waals surface area contributed by atoms with Crippen molar-refractivity contribution in [2.75, 3.05) is 0 Å². The zero-order valence-corrected chi connectivity index (χ0v) is 13.2. The van der Waals surface area contributed by atoms with Crippen molar-refractivity contribution >= 4 is 50.7 Å². The Morgan fingerprint density at radius 3 is 2.26 bits per heavy atom. The topological polar surface area (TPSA) is 9.23 Å². The Labute approximate surface area is 133 Å². The van der Waals surface area contributed by atoms with Crippen molar-refractivity contribution in [2.45, 2.75) is 6.61 Å². The minimum atomic E-state index is -0.365. The Morgan fingerprint density at radius 2 is 1.68 bits per heavy atom. The van der Waals surface area contributed by atoms with Gasteiger partial charge >= 0.3 is 0 Å². The summed E-state index contributed by atoms with van der Waals surface area (Å²) in [5.41, 5.74) is 0.408. The lowest BCUT2D eigenvalue weighted by atomic mass is 10.2. The third kappa shape index (κ3) is 3.76. The molecule has 0 heterocycles. The molecule has 0 aliphatic heterocycles. The number of hydrogen-bond acceptors (Lipinski definition) is 1. The van der Waals surface area contributed by atoms with Crippen molar-refractivity contribution in [3.05, 3.63) is 61.3 Å². The smallest absolute Gasteiger partial charge is 0.157 e. The molecule has 100 valence electrons. The largest absolute Gasteiger partial charge is 0.486 e. The molecule has 0 saturated carbocycles. The predicted molar refractivity (Wildman–Crippen MR) is 79.9 cm³/mol. The van der Waals surface area contributed by atoms with Gasteiger partial charge in [0.1, 0.15) is 12.4 Å². The second kappa shape index (κ2) is 6.31. The number of hydrogen-bond donors (Lipinski definition) is 0. The van der Waals surface area contributed by atoms with E-state index in [1.165, 1.54) is 18.2 Å². The molecule has 0 aromatic heterocycles. The Kier molecular flexibility index (Phi) is 4.96. The molecule has 0 amide bonds. The van der Waals surface area contributed by atoms with Crippen LogP contribution in [0.25, 0.3) is 0 Å². The molecule has 2 rings (SSSR count). The second-order valence-corrected chi connectivity index (χ2v) is 5.89. The molecular weight excluding hydrogens is 377 g/mol. The van der Waals surface area contributed by atoms with Crippen LogP contribution in [0.15, 0.2) is 34.8 Å². The molecule has 1 nitrogen and oxygen atoms in total. The van der Waals surface area contributed by atoms with E-state index < -0.39 is 0 Å². The van der Waals surface area contributed by atoms with Crippen LogP contribution in [-0.4, -0.2) is 0 Å². The van der Waals surface area contributed by atoms with Gasteiger partial charge in [0.05, 0.1) is 10.0 Å². The minimum Gasteiger partial charge on any atom is -0.486 e. The molecule has 0 spiro atoms. The van der Waals surface area contributed by atoms with Crippen LogP contribution in [0.4, 0.5) is 4.39 Å². The Hall–Kier alpha value is -0.480. The average Bonchev–Trinajstić information content (AvgIpc) is 2.30. The van der Waals surface area contributed by atoms with Crippen LogP contribution in [-0.2, 0) is 6.61 Å². The zero-order chi connectivity index (χ0) is 14.0. The highest BCUT2D eigenvalue weighted by Gasteiger charge is 2.11. The van der Waals surface area contributed by atoms with Crippen LogP contribution in [0.3, 0.4) is 0 Å². The quantitative estimate of drug-likeness (QED) is 0.619. The summed E-state index contributed by atoms with van der Waals surface area (Å²) < 4.78 is 19.7.